The van der Waals surface area contributed by atoms with Gasteiger partial charge in [0.2, 0.25) is 0 Å². The molecule has 1 aromatic rings. The molecule has 2 atom stereocenters. The molecule has 1 heterocycles. The van der Waals surface area contributed by atoms with Crippen LogP contribution >= 0.6 is 15.9 Å². The van der Waals surface area contributed by atoms with Crippen LogP contribution in [0.3, 0.4) is 0 Å². The summed E-state index contributed by atoms with van der Waals surface area (Å²) in [4.78, 5) is 25.6. The molecular formula is C22H28BrNO3. The van der Waals surface area contributed by atoms with Crippen LogP contribution in [-0.4, -0.2) is 17.4 Å². The highest BCUT2D eigenvalue weighted by atomic mass is 79.9. The van der Waals surface area contributed by atoms with E-state index in [1.807, 2.05) is 39.8 Å². The van der Waals surface area contributed by atoms with E-state index >= 15 is 0 Å². The first kappa shape index (κ1) is 20.1. The molecule has 27 heavy (non-hydrogen) atoms. The monoisotopic (exact) mass is 433 g/mol. The van der Waals surface area contributed by atoms with Crippen molar-refractivity contribution in [2.75, 3.05) is 0 Å². The number of ether oxygens (including phenoxy) is 1. The number of esters is 1. The lowest BCUT2D eigenvalue weighted by molar-refractivity contribution is -0.144. The van der Waals surface area contributed by atoms with E-state index in [1.165, 1.54) is 0 Å². The largest absolute Gasteiger partial charge is 0.427 e. The van der Waals surface area contributed by atoms with Crippen LogP contribution in [-0.2, 0) is 14.3 Å². The zero-order chi connectivity index (χ0) is 19.9. The van der Waals surface area contributed by atoms with E-state index in [0.29, 0.717) is 17.3 Å². The van der Waals surface area contributed by atoms with Gasteiger partial charge >= 0.3 is 5.97 Å². The Balaban J connectivity index is 2.21. The molecule has 1 aliphatic heterocycles. The number of benzene rings is 1. The number of rotatable bonds is 3. The van der Waals surface area contributed by atoms with Gasteiger partial charge in [-0.25, -0.2) is 0 Å². The van der Waals surface area contributed by atoms with Crippen molar-refractivity contribution in [2.24, 2.45) is 11.8 Å². The van der Waals surface area contributed by atoms with Gasteiger partial charge < -0.3 is 10.1 Å². The second-order valence-electron chi connectivity index (χ2n) is 8.43. The summed E-state index contributed by atoms with van der Waals surface area (Å²) in [5, 5.41) is 3.21. The molecule has 1 N–H and O–H groups in total. The van der Waals surface area contributed by atoms with E-state index in [4.69, 9.17) is 4.74 Å². The number of aryl methyl sites for hydroxylation is 2. The Kier molecular flexibility index (Phi) is 5.53. The fraction of sp³-hybridized carbons (Fsp3) is 0.545. The molecule has 0 saturated heterocycles. The summed E-state index contributed by atoms with van der Waals surface area (Å²) >= 11 is 3.52. The quantitative estimate of drug-likeness (QED) is 0.677. The molecule has 1 spiro atoms. The fourth-order valence-electron chi connectivity index (χ4n) is 4.45. The maximum Gasteiger partial charge on any atom is 0.313 e. The van der Waals surface area contributed by atoms with Gasteiger partial charge in [0.05, 0.1) is 17.0 Å². The molecule has 1 saturated carbocycles. The first-order valence-corrected chi connectivity index (χ1v) is 10.5. The predicted molar refractivity (Wildman–Crippen MR) is 110 cm³/mol. The van der Waals surface area contributed by atoms with Crippen molar-refractivity contribution >= 4 is 33.4 Å². The molecule has 4 nitrogen and oxygen atoms in total. The van der Waals surface area contributed by atoms with Gasteiger partial charge in [0.25, 0.3) is 5.91 Å². The van der Waals surface area contributed by atoms with Crippen molar-refractivity contribution in [3.05, 3.63) is 39.1 Å². The standard InChI is InChI=1S/C22H28BrNO3/c1-12(2)21(26)27-19-18(17-14(4)9-16(23)10-15(17)5)20(25)24-22(19)8-6-7-13(3)11-22/h9-10,12-13H,6-8,11H2,1-5H3,(H,24,25). The van der Waals surface area contributed by atoms with E-state index in [1.54, 1.807) is 0 Å². The molecule has 146 valence electrons. The van der Waals surface area contributed by atoms with E-state index in [9.17, 15) is 9.59 Å². The molecule has 1 aliphatic carbocycles. The van der Waals surface area contributed by atoms with Gasteiger partial charge in [-0.2, -0.15) is 0 Å². The highest BCUT2D eigenvalue weighted by Gasteiger charge is 2.50. The lowest BCUT2D eigenvalue weighted by atomic mass is 9.75. The molecule has 1 fully saturated rings. The number of carbonyl (C=O) groups is 2. The first-order valence-electron chi connectivity index (χ1n) is 9.70. The lowest BCUT2D eigenvalue weighted by Gasteiger charge is -2.38. The van der Waals surface area contributed by atoms with Crippen LogP contribution in [0.25, 0.3) is 5.57 Å². The van der Waals surface area contributed by atoms with Crippen molar-refractivity contribution < 1.29 is 14.3 Å². The number of halogens is 1. The fourth-order valence-corrected chi connectivity index (χ4v) is 5.14. The smallest absolute Gasteiger partial charge is 0.313 e. The molecule has 3 rings (SSSR count). The molecule has 1 amide bonds. The molecule has 0 bridgehead atoms. The molecule has 0 radical (unpaired) electrons. The third-order valence-corrected chi connectivity index (χ3v) is 6.12. The van der Waals surface area contributed by atoms with Gasteiger partial charge in [-0.3, -0.25) is 9.59 Å². The zero-order valence-corrected chi connectivity index (χ0v) is 18.3. The van der Waals surface area contributed by atoms with Crippen LogP contribution in [0.2, 0.25) is 0 Å². The predicted octanol–water partition coefficient (Wildman–Crippen LogP) is 5.05. The van der Waals surface area contributed by atoms with E-state index in [0.717, 1.165) is 46.8 Å². The summed E-state index contributed by atoms with van der Waals surface area (Å²) in [5.74, 6) is 0.331. The minimum absolute atomic E-state index is 0.135. The third-order valence-electron chi connectivity index (χ3n) is 5.66. The maximum atomic E-state index is 13.1. The van der Waals surface area contributed by atoms with Crippen LogP contribution in [0.15, 0.2) is 22.4 Å². The Hall–Kier alpha value is -1.62. The Morgan fingerprint density at radius 2 is 1.93 bits per heavy atom. The zero-order valence-electron chi connectivity index (χ0n) is 16.7. The lowest BCUT2D eigenvalue weighted by Crippen LogP contribution is -2.48. The summed E-state index contributed by atoms with van der Waals surface area (Å²) in [6.45, 7) is 9.81. The summed E-state index contributed by atoms with van der Waals surface area (Å²) in [7, 11) is 0. The average Bonchev–Trinajstić information content (AvgIpc) is 2.78. The van der Waals surface area contributed by atoms with E-state index < -0.39 is 5.54 Å². The third kappa shape index (κ3) is 3.71. The van der Waals surface area contributed by atoms with Crippen LogP contribution in [0.4, 0.5) is 0 Å². The Bertz CT molecular complexity index is 804. The normalized spacial score (nSPS) is 25.3. The summed E-state index contributed by atoms with van der Waals surface area (Å²) < 4.78 is 6.91. The highest BCUT2D eigenvalue weighted by Crippen LogP contribution is 2.46. The Morgan fingerprint density at radius 1 is 1.30 bits per heavy atom. The van der Waals surface area contributed by atoms with E-state index in [2.05, 4.69) is 28.2 Å². The topological polar surface area (TPSA) is 55.4 Å². The van der Waals surface area contributed by atoms with Crippen molar-refractivity contribution in [3.63, 3.8) is 0 Å². The molecular weight excluding hydrogens is 406 g/mol. The van der Waals surface area contributed by atoms with Crippen LogP contribution in [0.1, 0.15) is 63.1 Å². The number of hydrogen-bond acceptors (Lipinski definition) is 3. The van der Waals surface area contributed by atoms with Crippen molar-refractivity contribution in [1.29, 1.82) is 0 Å². The first-order chi connectivity index (χ1) is 12.6. The molecule has 5 heteroatoms. The number of amides is 1. The number of carbonyl (C=O) groups excluding carboxylic acids is 2. The highest BCUT2D eigenvalue weighted by molar-refractivity contribution is 9.10. The molecule has 1 aromatic carbocycles. The van der Waals surface area contributed by atoms with Crippen LogP contribution in [0, 0.1) is 25.7 Å². The van der Waals surface area contributed by atoms with E-state index in [-0.39, 0.29) is 17.8 Å². The van der Waals surface area contributed by atoms with Crippen LogP contribution in [0.5, 0.6) is 0 Å². The second kappa shape index (κ2) is 7.42. The summed E-state index contributed by atoms with van der Waals surface area (Å²) in [6, 6.07) is 4.00. The van der Waals surface area contributed by atoms with Gasteiger partial charge in [0, 0.05) is 4.47 Å². The van der Waals surface area contributed by atoms with Gasteiger partial charge in [-0.05, 0) is 61.4 Å². The van der Waals surface area contributed by atoms with Gasteiger partial charge in [-0.15, -0.1) is 0 Å². The second-order valence-corrected chi connectivity index (χ2v) is 9.35. The van der Waals surface area contributed by atoms with Crippen molar-refractivity contribution in [1.82, 2.24) is 5.32 Å². The van der Waals surface area contributed by atoms with Crippen molar-refractivity contribution in [2.45, 2.75) is 65.8 Å². The molecule has 2 unspecified atom stereocenters. The van der Waals surface area contributed by atoms with Gasteiger partial charge in [0.15, 0.2) is 0 Å². The molecule has 0 aromatic heterocycles. The Labute approximate surface area is 169 Å². The summed E-state index contributed by atoms with van der Waals surface area (Å²) in [5.41, 5.74) is 2.82. The maximum absolute atomic E-state index is 13.1. The van der Waals surface area contributed by atoms with Crippen molar-refractivity contribution in [3.8, 4) is 0 Å². The minimum atomic E-state index is -0.569. The van der Waals surface area contributed by atoms with Crippen LogP contribution < -0.4 is 5.32 Å². The average molecular weight is 434 g/mol. The Morgan fingerprint density at radius 3 is 2.48 bits per heavy atom. The van der Waals surface area contributed by atoms with Gasteiger partial charge in [0.1, 0.15) is 5.76 Å². The molecule has 2 aliphatic rings. The van der Waals surface area contributed by atoms with Gasteiger partial charge in [-0.1, -0.05) is 49.5 Å². The minimum Gasteiger partial charge on any atom is -0.427 e. The summed E-state index contributed by atoms with van der Waals surface area (Å²) in [6.07, 6.45) is 3.75. The SMILES string of the molecule is Cc1cc(Br)cc(C)c1C1=C(OC(=O)C(C)C)C2(CCCC(C)C2)NC1=O. The number of nitrogens with one attached hydrogen (secondary N) is 1. The number of hydrogen-bond donors (Lipinski definition) is 1.